The maximum Gasteiger partial charge on any atom is 0.205 e. The van der Waals surface area contributed by atoms with Gasteiger partial charge >= 0.3 is 0 Å². The van der Waals surface area contributed by atoms with Gasteiger partial charge in [-0.2, -0.15) is 10.5 Å². The molecule has 0 aromatic heterocycles. The predicted octanol–water partition coefficient (Wildman–Crippen LogP) is 4.59. The zero-order valence-corrected chi connectivity index (χ0v) is 22.0. The van der Waals surface area contributed by atoms with Crippen LogP contribution in [0.5, 0.6) is 0 Å². The van der Waals surface area contributed by atoms with Crippen molar-refractivity contribution in [1.29, 1.82) is 10.5 Å². The van der Waals surface area contributed by atoms with Gasteiger partial charge in [0.25, 0.3) is 0 Å². The first-order chi connectivity index (χ1) is 17.9. The zero-order chi connectivity index (χ0) is 27.6. The lowest BCUT2D eigenvalue weighted by Gasteiger charge is -2.38. The maximum absolute atomic E-state index is 13.3. The van der Waals surface area contributed by atoms with E-state index in [0.29, 0.717) is 59.5 Å². The van der Waals surface area contributed by atoms with E-state index in [0.717, 1.165) is 0 Å². The number of nitrogens with zero attached hydrogens (tertiary/aromatic N) is 2. The summed E-state index contributed by atoms with van der Waals surface area (Å²) in [7, 11) is 0. The van der Waals surface area contributed by atoms with Gasteiger partial charge in [-0.25, -0.2) is 0 Å². The number of benzene rings is 1. The number of ether oxygens (including phenoxy) is 2. The lowest BCUT2D eigenvalue weighted by Crippen LogP contribution is -2.34. The first-order valence-electron chi connectivity index (χ1n) is 12.6. The van der Waals surface area contributed by atoms with E-state index in [2.05, 4.69) is 12.1 Å². The van der Waals surface area contributed by atoms with E-state index < -0.39 is 11.8 Å². The Balaban J connectivity index is 1.59. The monoisotopic (exact) mass is 510 g/mol. The molecule has 0 amide bonds. The summed E-state index contributed by atoms with van der Waals surface area (Å²) >= 11 is 0. The van der Waals surface area contributed by atoms with Crippen molar-refractivity contribution in [3.63, 3.8) is 0 Å². The summed E-state index contributed by atoms with van der Waals surface area (Å²) in [6.07, 6.45) is 1.76. The molecule has 0 spiro atoms. The van der Waals surface area contributed by atoms with Gasteiger partial charge in [0.05, 0.1) is 11.8 Å². The number of carbonyl (C=O) groups excluding carboxylic acids is 2. The van der Waals surface area contributed by atoms with Crippen molar-refractivity contribution in [3.8, 4) is 12.1 Å². The molecule has 2 aliphatic carbocycles. The van der Waals surface area contributed by atoms with Crippen LogP contribution in [0.25, 0.3) is 0 Å². The molecule has 4 N–H and O–H groups in total. The molecule has 0 fully saturated rings. The fraction of sp³-hybridized carbons (Fsp3) is 0.400. The van der Waals surface area contributed by atoms with Crippen LogP contribution in [-0.4, -0.2) is 11.6 Å². The molecule has 2 atom stereocenters. The highest BCUT2D eigenvalue weighted by molar-refractivity contribution is 6.00. The van der Waals surface area contributed by atoms with Crippen LogP contribution < -0.4 is 11.5 Å². The third-order valence-corrected chi connectivity index (χ3v) is 7.75. The molecule has 0 radical (unpaired) electrons. The molecule has 0 saturated heterocycles. The van der Waals surface area contributed by atoms with Crippen LogP contribution in [0.3, 0.4) is 0 Å². The number of nitriles is 2. The molecule has 0 saturated carbocycles. The third kappa shape index (κ3) is 4.07. The van der Waals surface area contributed by atoms with Crippen LogP contribution in [0.4, 0.5) is 0 Å². The number of hydrogen-bond donors (Lipinski definition) is 2. The molecular formula is C30H30N4O4. The Hall–Kier alpha value is -4.30. The minimum absolute atomic E-state index is 0.00273. The molecule has 2 heterocycles. The number of Topliss-reactive ketones (excluding diaryl/α,β-unsaturated/α-hetero) is 2. The van der Waals surface area contributed by atoms with Crippen LogP contribution in [0.1, 0.15) is 76.3 Å². The summed E-state index contributed by atoms with van der Waals surface area (Å²) < 4.78 is 11.6. The topological polar surface area (TPSA) is 152 Å². The molecular weight excluding hydrogens is 480 g/mol. The van der Waals surface area contributed by atoms with E-state index >= 15 is 0 Å². The number of ketones is 2. The quantitative estimate of drug-likeness (QED) is 0.586. The molecule has 0 unspecified atom stereocenters. The van der Waals surface area contributed by atoms with Crippen molar-refractivity contribution in [2.24, 2.45) is 22.3 Å². The maximum atomic E-state index is 13.3. The van der Waals surface area contributed by atoms with Crippen LogP contribution in [0.15, 0.2) is 69.8 Å². The highest BCUT2D eigenvalue weighted by Crippen LogP contribution is 2.50. The molecule has 1 aromatic carbocycles. The highest BCUT2D eigenvalue weighted by atomic mass is 16.5. The minimum Gasteiger partial charge on any atom is -0.444 e. The smallest absolute Gasteiger partial charge is 0.205 e. The summed E-state index contributed by atoms with van der Waals surface area (Å²) in [5.41, 5.74) is 14.4. The van der Waals surface area contributed by atoms with Crippen molar-refractivity contribution < 1.29 is 19.1 Å². The highest BCUT2D eigenvalue weighted by Gasteiger charge is 2.45. The van der Waals surface area contributed by atoms with E-state index in [-0.39, 0.29) is 45.3 Å². The van der Waals surface area contributed by atoms with Crippen LogP contribution >= 0.6 is 0 Å². The fourth-order valence-electron chi connectivity index (χ4n) is 6.12. The largest absolute Gasteiger partial charge is 0.444 e. The van der Waals surface area contributed by atoms with Gasteiger partial charge < -0.3 is 20.9 Å². The van der Waals surface area contributed by atoms with Crippen molar-refractivity contribution in [2.45, 2.75) is 65.2 Å². The number of hydrogen-bond acceptors (Lipinski definition) is 8. The molecule has 2 aliphatic heterocycles. The average Bonchev–Trinajstić information content (AvgIpc) is 2.81. The Morgan fingerprint density at radius 3 is 1.37 bits per heavy atom. The summed E-state index contributed by atoms with van der Waals surface area (Å²) in [6, 6.07) is 11.5. The van der Waals surface area contributed by atoms with Gasteiger partial charge in [-0.15, -0.1) is 0 Å². The predicted molar refractivity (Wildman–Crippen MR) is 138 cm³/mol. The van der Waals surface area contributed by atoms with Gasteiger partial charge in [-0.1, -0.05) is 52.0 Å². The second-order valence-electron chi connectivity index (χ2n) is 12.1. The number of allylic oxidation sites excluding steroid dienone is 6. The van der Waals surface area contributed by atoms with Gasteiger partial charge in [0.1, 0.15) is 34.8 Å². The third-order valence-electron chi connectivity index (χ3n) is 7.75. The van der Waals surface area contributed by atoms with Crippen molar-refractivity contribution in [3.05, 3.63) is 81.0 Å². The first kappa shape index (κ1) is 25.4. The van der Waals surface area contributed by atoms with Gasteiger partial charge in [0.15, 0.2) is 11.6 Å². The molecule has 38 heavy (non-hydrogen) atoms. The van der Waals surface area contributed by atoms with E-state index in [4.69, 9.17) is 20.9 Å². The normalized spacial score (nSPS) is 26.2. The molecule has 194 valence electrons. The molecule has 5 rings (SSSR count). The second-order valence-corrected chi connectivity index (χ2v) is 12.1. The van der Waals surface area contributed by atoms with Crippen molar-refractivity contribution >= 4 is 11.6 Å². The lowest BCUT2D eigenvalue weighted by atomic mass is 9.69. The number of carbonyl (C=O) groups is 2. The van der Waals surface area contributed by atoms with Gasteiger partial charge in [-0.3, -0.25) is 9.59 Å². The number of nitrogens with two attached hydrogens (primary N) is 2. The van der Waals surface area contributed by atoms with Gasteiger partial charge in [-0.05, 0) is 22.0 Å². The van der Waals surface area contributed by atoms with Gasteiger partial charge in [0, 0.05) is 36.8 Å². The Morgan fingerprint density at radius 1 is 0.711 bits per heavy atom. The Bertz CT molecular complexity index is 1380. The summed E-state index contributed by atoms with van der Waals surface area (Å²) in [6.45, 7) is 7.99. The molecule has 1 aromatic rings. The van der Waals surface area contributed by atoms with E-state index in [9.17, 15) is 20.1 Å². The Labute approximate surface area is 221 Å². The Kier molecular flexibility index (Phi) is 5.76. The Morgan fingerprint density at radius 2 is 1.05 bits per heavy atom. The zero-order valence-electron chi connectivity index (χ0n) is 22.0. The molecule has 8 heteroatoms. The van der Waals surface area contributed by atoms with Crippen LogP contribution in [0.2, 0.25) is 0 Å². The fourth-order valence-corrected chi connectivity index (χ4v) is 6.12. The van der Waals surface area contributed by atoms with E-state index in [1.165, 1.54) is 0 Å². The minimum atomic E-state index is -0.654. The van der Waals surface area contributed by atoms with Crippen LogP contribution in [0, 0.1) is 33.5 Å². The summed E-state index contributed by atoms with van der Waals surface area (Å²) in [4.78, 5) is 26.5. The molecule has 0 bridgehead atoms. The van der Waals surface area contributed by atoms with Crippen molar-refractivity contribution in [1.82, 2.24) is 0 Å². The summed E-state index contributed by atoms with van der Waals surface area (Å²) in [5.74, 6) is -0.419. The summed E-state index contributed by atoms with van der Waals surface area (Å²) in [5, 5.41) is 19.8. The first-order valence-corrected chi connectivity index (χ1v) is 12.6. The standard InChI is InChI=1S/C30H30N4O4/c1-29(2)9-19(35)25-21(11-29)37-27(33)17(13-31)23(25)15-5-7-16(8-6-15)24-18(14-32)28(34)38-22-12-30(3,4)10-20(36)26(22)24/h5-8,23-24H,9-12,33-34H2,1-4H3/t23-,24-/m0/s1. The van der Waals surface area contributed by atoms with Crippen LogP contribution in [-0.2, 0) is 19.1 Å². The van der Waals surface area contributed by atoms with Crippen molar-refractivity contribution in [2.75, 3.05) is 0 Å². The van der Waals surface area contributed by atoms with E-state index in [1.807, 2.05) is 52.0 Å². The SMILES string of the molecule is CC1(C)CC(=O)C2=C(C1)OC(N)=C(C#N)[C@@H]2c1ccc([C@H]2C(C#N)=C(N)OC3=C2C(=O)CC(C)(C)C3)cc1. The van der Waals surface area contributed by atoms with E-state index in [1.54, 1.807) is 0 Å². The second kappa shape index (κ2) is 8.63. The average molecular weight is 511 g/mol. The van der Waals surface area contributed by atoms with Gasteiger partial charge in [0.2, 0.25) is 11.8 Å². The lowest BCUT2D eigenvalue weighted by molar-refractivity contribution is -0.119. The molecule has 4 aliphatic rings. The molecule has 8 nitrogen and oxygen atoms in total. The number of rotatable bonds is 2.